The molecule has 7 nitrogen and oxygen atoms in total. The van der Waals surface area contributed by atoms with E-state index in [1.165, 1.54) is 16.8 Å². The van der Waals surface area contributed by atoms with Crippen LogP contribution >= 0.6 is 0 Å². The Morgan fingerprint density at radius 2 is 1.83 bits per heavy atom. The Bertz CT molecular complexity index is 905. The standard InChI is InChI=1S/C17H19N3O4/c1-17(2,3)24-16(23)19-9-11-4-5-13(8-12(11)10-19)20-7-6-14(21)18-15(20)22/h4-8H,9-10H2,1-3H3,(H,18,21,22). The summed E-state index contributed by atoms with van der Waals surface area (Å²) in [5.41, 5.74) is 1.14. The first kappa shape index (κ1) is 16.0. The summed E-state index contributed by atoms with van der Waals surface area (Å²) in [6.45, 7) is 6.39. The summed E-state index contributed by atoms with van der Waals surface area (Å²) in [5, 5.41) is 0. The number of nitrogens with one attached hydrogen (secondary N) is 1. The van der Waals surface area contributed by atoms with Crippen molar-refractivity contribution in [3.63, 3.8) is 0 Å². The second-order valence-electron chi connectivity index (χ2n) is 6.77. The number of carbonyl (C=O) groups excluding carboxylic acids is 1. The molecule has 0 atom stereocenters. The summed E-state index contributed by atoms with van der Waals surface area (Å²) < 4.78 is 6.75. The molecular weight excluding hydrogens is 310 g/mol. The van der Waals surface area contributed by atoms with Crippen molar-refractivity contribution in [2.45, 2.75) is 39.5 Å². The maximum Gasteiger partial charge on any atom is 0.410 e. The lowest BCUT2D eigenvalue weighted by molar-refractivity contribution is 0.0242. The van der Waals surface area contributed by atoms with Crippen LogP contribution in [0, 0.1) is 0 Å². The molecule has 1 aromatic carbocycles. The quantitative estimate of drug-likeness (QED) is 0.864. The van der Waals surface area contributed by atoms with Crippen LogP contribution in [0.2, 0.25) is 0 Å². The highest BCUT2D eigenvalue weighted by molar-refractivity contribution is 5.69. The van der Waals surface area contributed by atoms with Crippen molar-refractivity contribution in [2.24, 2.45) is 0 Å². The summed E-state index contributed by atoms with van der Waals surface area (Å²) in [7, 11) is 0. The van der Waals surface area contributed by atoms with E-state index in [0.717, 1.165) is 11.1 Å². The van der Waals surface area contributed by atoms with Crippen molar-refractivity contribution in [3.05, 3.63) is 62.4 Å². The molecule has 1 aliphatic heterocycles. The third kappa shape index (κ3) is 3.24. The Balaban J connectivity index is 1.85. The van der Waals surface area contributed by atoms with Gasteiger partial charge in [-0.2, -0.15) is 0 Å². The van der Waals surface area contributed by atoms with Crippen LogP contribution < -0.4 is 11.2 Å². The molecular formula is C17H19N3O4. The Morgan fingerprint density at radius 1 is 1.12 bits per heavy atom. The molecule has 7 heteroatoms. The fraction of sp³-hybridized carbons (Fsp3) is 0.353. The molecule has 1 aliphatic rings. The van der Waals surface area contributed by atoms with Crippen LogP contribution in [0.3, 0.4) is 0 Å². The molecule has 1 aromatic heterocycles. The number of H-pyrrole nitrogens is 1. The fourth-order valence-electron chi connectivity index (χ4n) is 2.61. The zero-order valence-corrected chi connectivity index (χ0v) is 13.8. The van der Waals surface area contributed by atoms with Gasteiger partial charge in [0.25, 0.3) is 5.56 Å². The number of aromatic nitrogens is 2. The third-order valence-corrected chi connectivity index (χ3v) is 3.67. The van der Waals surface area contributed by atoms with Gasteiger partial charge in [0.2, 0.25) is 0 Å². The molecule has 0 spiro atoms. The minimum atomic E-state index is -0.541. The van der Waals surface area contributed by atoms with Gasteiger partial charge >= 0.3 is 11.8 Å². The average Bonchev–Trinajstić information content (AvgIpc) is 2.88. The van der Waals surface area contributed by atoms with Crippen molar-refractivity contribution >= 4 is 6.09 Å². The maximum atomic E-state index is 12.2. The Hall–Kier alpha value is -2.83. The monoisotopic (exact) mass is 329 g/mol. The van der Waals surface area contributed by atoms with E-state index in [0.29, 0.717) is 18.8 Å². The van der Waals surface area contributed by atoms with Crippen LogP contribution in [0.1, 0.15) is 31.9 Å². The number of aromatic amines is 1. The van der Waals surface area contributed by atoms with E-state index in [1.54, 1.807) is 11.0 Å². The van der Waals surface area contributed by atoms with Crippen molar-refractivity contribution < 1.29 is 9.53 Å². The molecule has 24 heavy (non-hydrogen) atoms. The molecule has 3 rings (SSSR count). The van der Waals surface area contributed by atoms with Crippen LogP contribution in [-0.4, -0.2) is 26.1 Å². The van der Waals surface area contributed by atoms with Gasteiger partial charge in [0.05, 0.1) is 5.69 Å². The molecule has 0 radical (unpaired) electrons. The van der Waals surface area contributed by atoms with Crippen LogP contribution in [-0.2, 0) is 17.8 Å². The number of hydrogen-bond acceptors (Lipinski definition) is 4. The zero-order chi connectivity index (χ0) is 17.5. The highest BCUT2D eigenvalue weighted by atomic mass is 16.6. The lowest BCUT2D eigenvalue weighted by atomic mass is 10.1. The molecule has 2 heterocycles. The van der Waals surface area contributed by atoms with Gasteiger partial charge in [0.1, 0.15) is 5.60 Å². The first-order valence-corrected chi connectivity index (χ1v) is 7.65. The number of carbonyl (C=O) groups is 1. The lowest BCUT2D eigenvalue weighted by Gasteiger charge is -2.24. The smallest absolute Gasteiger partial charge is 0.410 e. The van der Waals surface area contributed by atoms with Gasteiger partial charge in [-0.25, -0.2) is 9.59 Å². The Labute approximate surface area is 138 Å². The van der Waals surface area contributed by atoms with Gasteiger partial charge in [-0.1, -0.05) is 6.07 Å². The number of fused-ring (bicyclic) bond motifs is 1. The lowest BCUT2D eigenvalue weighted by Crippen LogP contribution is -2.33. The van der Waals surface area contributed by atoms with E-state index in [1.807, 2.05) is 32.9 Å². The second-order valence-corrected chi connectivity index (χ2v) is 6.77. The Morgan fingerprint density at radius 3 is 2.50 bits per heavy atom. The molecule has 0 saturated heterocycles. The predicted octanol–water partition coefficient (Wildman–Crippen LogP) is 1.78. The molecule has 0 bridgehead atoms. The number of ether oxygens (including phenoxy) is 1. The minimum absolute atomic E-state index is 0.360. The largest absolute Gasteiger partial charge is 0.444 e. The van der Waals surface area contributed by atoms with Gasteiger partial charge < -0.3 is 4.74 Å². The van der Waals surface area contributed by atoms with Crippen molar-refractivity contribution in [3.8, 4) is 5.69 Å². The number of rotatable bonds is 1. The zero-order valence-electron chi connectivity index (χ0n) is 13.8. The summed E-state index contributed by atoms with van der Waals surface area (Å²) in [5.74, 6) is 0. The van der Waals surface area contributed by atoms with Crippen molar-refractivity contribution in [1.29, 1.82) is 0 Å². The van der Waals surface area contributed by atoms with E-state index in [9.17, 15) is 14.4 Å². The Kier molecular flexibility index (Phi) is 3.79. The average molecular weight is 329 g/mol. The van der Waals surface area contributed by atoms with E-state index >= 15 is 0 Å². The normalized spacial score (nSPS) is 13.7. The first-order chi connectivity index (χ1) is 11.2. The van der Waals surface area contributed by atoms with Crippen LogP contribution in [0.15, 0.2) is 40.1 Å². The number of nitrogens with zero attached hydrogens (tertiary/aromatic N) is 2. The molecule has 0 fully saturated rings. The maximum absolute atomic E-state index is 12.2. The topological polar surface area (TPSA) is 84.4 Å². The minimum Gasteiger partial charge on any atom is -0.444 e. The summed E-state index contributed by atoms with van der Waals surface area (Å²) >= 11 is 0. The molecule has 0 unspecified atom stereocenters. The molecule has 0 aliphatic carbocycles. The van der Waals surface area contributed by atoms with Crippen LogP contribution in [0.4, 0.5) is 4.79 Å². The summed E-state index contributed by atoms with van der Waals surface area (Å²) in [6, 6.07) is 6.81. The SMILES string of the molecule is CC(C)(C)OC(=O)N1Cc2ccc(-n3ccc(=O)[nH]c3=O)cc2C1. The number of amides is 1. The second kappa shape index (κ2) is 5.67. The predicted molar refractivity (Wildman–Crippen MR) is 88.1 cm³/mol. The molecule has 126 valence electrons. The highest BCUT2D eigenvalue weighted by Crippen LogP contribution is 2.26. The van der Waals surface area contributed by atoms with Gasteiger partial charge in [0, 0.05) is 25.4 Å². The van der Waals surface area contributed by atoms with E-state index in [2.05, 4.69) is 4.98 Å². The van der Waals surface area contributed by atoms with Crippen LogP contribution in [0.25, 0.3) is 5.69 Å². The molecule has 0 saturated carbocycles. The van der Waals surface area contributed by atoms with Gasteiger partial charge in [-0.05, 0) is 44.0 Å². The molecule has 1 amide bonds. The van der Waals surface area contributed by atoms with Gasteiger partial charge in [-0.3, -0.25) is 19.2 Å². The van der Waals surface area contributed by atoms with Crippen LogP contribution in [0.5, 0.6) is 0 Å². The first-order valence-electron chi connectivity index (χ1n) is 7.65. The summed E-state index contributed by atoms with van der Waals surface area (Å²) in [4.78, 5) is 39.1. The number of hydrogen-bond donors (Lipinski definition) is 1. The van der Waals surface area contributed by atoms with Crippen molar-refractivity contribution in [1.82, 2.24) is 14.5 Å². The third-order valence-electron chi connectivity index (χ3n) is 3.67. The van der Waals surface area contributed by atoms with E-state index in [4.69, 9.17) is 4.74 Å². The highest BCUT2D eigenvalue weighted by Gasteiger charge is 2.27. The van der Waals surface area contributed by atoms with Gasteiger partial charge in [0.15, 0.2) is 0 Å². The molecule has 1 N–H and O–H groups in total. The van der Waals surface area contributed by atoms with E-state index in [-0.39, 0.29) is 6.09 Å². The van der Waals surface area contributed by atoms with Crippen molar-refractivity contribution in [2.75, 3.05) is 0 Å². The molecule has 2 aromatic rings. The summed E-state index contributed by atoms with van der Waals surface area (Å²) in [6.07, 6.45) is 1.07. The number of benzene rings is 1. The van der Waals surface area contributed by atoms with E-state index < -0.39 is 16.9 Å². The fourth-order valence-corrected chi connectivity index (χ4v) is 2.61. The van der Waals surface area contributed by atoms with Gasteiger partial charge in [-0.15, -0.1) is 0 Å².